The summed E-state index contributed by atoms with van der Waals surface area (Å²) in [5.41, 5.74) is -0.822. The van der Waals surface area contributed by atoms with Crippen LogP contribution in [0.15, 0.2) is 12.2 Å². The fourth-order valence-electron chi connectivity index (χ4n) is 8.88. The minimum atomic E-state index is -1.95. The van der Waals surface area contributed by atoms with Crippen molar-refractivity contribution in [1.82, 2.24) is 0 Å². The van der Waals surface area contributed by atoms with Gasteiger partial charge < -0.3 is 18.3 Å². The van der Waals surface area contributed by atoms with E-state index < -0.39 is 39.0 Å². The van der Waals surface area contributed by atoms with Gasteiger partial charge in [0.2, 0.25) is 0 Å². The Hall–Kier alpha value is -0.966. The van der Waals surface area contributed by atoms with Gasteiger partial charge in [-0.3, -0.25) is 9.59 Å². The van der Waals surface area contributed by atoms with E-state index in [2.05, 4.69) is 45.9 Å². The van der Waals surface area contributed by atoms with Gasteiger partial charge >= 0.3 is 11.9 Å². The van der Waals surface area contributed by atoms with Crippen LogP contribution in [-0.2, 0) is 27.9 Å². The second kappa shape index (κ2) is 7.29. The van der Waals surface area contributed by atoms with Crippen molar-refractivity contribution in [3.8, 4) is 0 Å². The lowest BCUT2D eigenvalue weighted by Gasteiger charge is -2.47. The molecule has 6 nitrogen and oxygen atoms in total. The van der Waals surface area contributed by atoms with Gasteiger partial charge in [0.15, 0.2) is 16.6 Å². The average Bonchev–Trinajstić information content (AvgIpc) is 3.16. The molecule has 3 unspecified atom stereocenters. The highest BCUT2D eigenvalue weighted by Gasteiger charge is 2.85. The maximum Gasteiger partial charge on any atom is 0.315 e. The normalized spacial score (nSPS) is 47.3. The molecule has 190 valence electrons. The zero-order valence-corrected chi connectivity index (χ0v) is 24.2. The smallest absolute Gasteiger partial charge is 0.315 e. The molecule has 5 rings (SSSR count). The van der Waals surface area contributed by atoms with Crippen molar-refractivity contribution >= 4 is 28.6 Å². The van der Waals surface area contributed by atoms with Crippen molar-refractivity contribution in [2.75, 3.05) is 7.11 Å². The number of carbonyl (C=O) groups excluding carboxylic acids is 2. The highest BCUT2D eigenvalue weighted by molar-refractivity contribution is 6.70. The number of fused-ring (bicyclic) bond motifs is 1. The third kappa shape index (κ3) is 3.04. The summed E-state index contributed by atoms with van der Waals surface area (Å²) in [6.45, 7) is 19.6. The van der Waals surface area contributed by atoms with Crippen LogP contribution in [0.1, 0.15) is 39.0 Å². The Balaban J connectivity index is 1.71. The summed E-state index contributed by atoms with van der Waals surface area (Å²) < 4.78 is 25.6. The topological polar surface area (TPSA) is 71.1 Å². The van der Waals surface area contributed by atoms with E-state index in [0.29, 0.717) is 5.92 Å². The van der Waals surface area contributed by atoms with Crippen LogP contribution in [0.4, 0.5) is 0 Å². The fourth-order valence-corrected chi connectivity index (χ4v) is 11.2. The average molecular weight is 507 g/mol. The molecule has 1 saturated heterocycles. The maximum atomic E-state index is 13.8. The summed E-state index contributed by atoms with van der Waals surface area (Å²) in [7, 11) is -2.41. The van der Waals surface area contributed by atoms with E-state index in [1.165, 1.54) is 7.11 Å². The molecule has 1 heterocycles. The summed E-state index contributed by atoms with van der Waals surface area (Å²) in [5.74, 6) is -0.729. The number of ether oxygens (including phenoxy) is 2. The first kappa shape index (κ1) is 24.7. The van der Waals surface area contributed by atoms with Crippen LogP contribution < -0.4 is 0 Å². The lowest BCUT2D eigenvalue weighted by atomic mass is 9.59. The monoisotopic (exact) mass is 506 g/mol. The molecule has 0 amide bonds. The quantitative estimate of drug-likeness (QED) is 0.300. The number of carbonyl (C=O) groups is 2. The van der Waals surface area contributed by atoms with Crippen molar-refractivity contribution in [1.29, 1.82) is 0 Å². The largest absolute Gasteiger partial charge is 0.469 e. The fraction of sp³-hybridized carbons (Fsp3) is 0.846. The second-order valence-electron chi connectivity index (χ2n) is 13.7. The van der Waals surface area contributed by atoms with Gasteiger partial charge in [0.05, 0.1) is 30.7 Å². The van der Waals surface area contributed by atoms with E-state index in [4.69, 9.17) is 18.3 Å². The van der Waals surface area contributed by atoms with E-state index in [-0.39, 0.29) is 36.0 Å². The summed E-state index contributed by atoms with van der Waals surface area (Å²) in [6, 6.07) is 0. The molecule has 1 spiro atoms. The first-order valence-electron chi connectivity index (χ1n) is 13.0. The van der Waals surface area contributed by atoms with E-state index in [1.54, 1.807) is 0 Å². The first-order chi connectivity index (χ1) is 15.6. The number of hydrogen-bond acceptors (Lipinski definition) is 6. The molecule has 5 fully saturated rings. The Kier molecular flexibility index (Phi) is 5.30. The van der Waals surface area contributed by atoms with Gasteiger partial charge in [0.1, 0.15) is 5.60 Å². The lowest BCUT2D eigenvalue weighted by Crippen LogP contribution is -2.56. The van der Waals surface area contributed by atoms with E-state index >= 15 is 0 Å². The first-order valence-corrected chi connectivity index (χ1v) is 19.8. The van der Waals surface area contributed by atoms with Crippen molar-refractivity contribution in [3.63, 3.8) is 0 Å². The summed E-state index contributed by atoms with van der Waals surface area (Å²) in [5, 5.41) is 0. The van der Waals surface area contributed by atoms with Crippen LogP contribution in [0.3, 0.4) is 0 Å². The van der Waals surface area contributed by atoms with Crippen LogP contribution in [0.5, 0.6) is 0 Å². The maximum absolute atomic E-state index is 13.8. The Morgan fingerprint density at radius 1 is 1.06 bits per heavy atom. The van der Waals surface area contributed by atoms with Crippen LogP contribution in [-0.4, -0.2) is 53.5 Å². The van der Waals surface area contributed by atoms with E-state index in [1.807, 2.05) is 6.92 Å². The predicted octanol–water partition coefficient (Wildman–Crippen LogP) is 4.91. The van der Waals surface area contributed by atoms with Gasteiger partial charge in [-0.2, -0.15) is 0 Å². The molecule has 34 heavy (non-hydrogen) atoms. The zero-order chi connectivity index (χ0) is 25.1. The second-order valence-corrected chi connectivity index (χ2v) is 22.6. The van der Waals surface area contributed by atoms with Crippen molar-refractivity contribution < 1.29 is 27.9 Å². The minimum absolute atomic E-state index is 0.0737. The van der Waals surface area contributed by atoms with E-state index in [9.17, 15) is 9.59 Å². The molecule has 8 heteroatoms. The van der Waals surface area contributed by atoms with Crippen LogP contribution in [0.25, 0.3) is 0 Å². The number of esters is 2. The summed E-state index contributed by atoms with van der Waals surface area (Å²) in [4.78, 5) is 27.5. The molecule has 0 N–H and O–H groups in total. The molecule has 4 saturated carbocycles. The third-order valence-corrected chi connectivity index (χ3v) is 11.6. The molecule has 1 aliphatic heterocycles. The van der Waals surface area contributed by atoms with Gasteiger partial charge in [-0.25, -0.2) is 0 Å². The predicted molar refractivity (Wildman–Crippen MR) is 134 cm³/mol. The number of methoxy groups -OCH3 is 1. The molecule has 0 aromatic rings. The molecular weight excluding hydrogens is 464 g/mol. The molecule has 0 aromatic carbocycles. The minimum Gasteiger partial charge on any atom is -0.469 e. The highest BCUT2D eigenvalue weighted by atomic mass is 28.4. The zero-order valence-electron chi connectivity index (χ0n) is 22.2. The third-order valence-electron chi connectivity index (χ3n) is 9.69. The van der Waals surface area contributed by atoms with Gasteiger partial charge in [0.25, 0.3) is 0 Å². The van der Waals surface area contributed by atoms with Gasteiger partial charge in [-0.1, -0.05) is 6.58 Å². The molecule has 0 aromatic heterocycles. The summed E-state index contributed by atoms with van der Waals surface area (Å²) >= 11 is 0. The molecule has 4 bridgehead atoms. The van der Waals surface area contributed by atoms with E-state index in [0.717, 1.165) is 37.7 Å². The molecule has 9 atom stereocenters. The van der Waals surface area contributed by atoms with Crippen molar-refractivity contribution in [3.05, 3.63) is 12.2 Å². The Morgan fingerprint density at radius 3 is 2.29 bits per heavy atom. The van der Waals surface area contributed by atoms with Crippen molar-refractivity contribution in [2.24, 2.45) is 34.5 Å². The number of rotatable bonds is 5. The van der Waals surface area contributed by atoms with Crippen LogP contribution >= 0.6 is 0 Å². The Bertz CT molecular complexity index is 937. The standard InChI is InChI=1S/C26H42O6Si2/c1-15-16-10-11-17-25(14-16,21(15)32-34(7,8)9)19(22(27)29-3)20-24(2)18(31-33(4,5)6)12-13-26(17,20)30-23(24)28/h16-21H,1,10-14H2,2-9H3/t16-,17?,18+,19-,20?,21-,24?,25-,26-/m1/s1. The Labute approximate surface area is 206 Å². The van der Waals surface area contributed by atoms with Gasteiger partial charge in [-0.15, -0.1) is 0 Å². The van der Waals surface area contributed by atoms with Gasteiger partial charge in [0, 0.05) is 17.3 Å². The van der Waals surface area contributed by atoms with Crippen LogP contribution in [0.2, 0.25) is 39.3 Å². The molecular formula is C26H42O6Si2. The Morgan fingerprint density at radius 2 is 1.71 bits per heavy atom. The van der Waals surface area contributed by atoms with Crippen molar-refractivity contribution in [2.45, 2.75) is 96.1 Å². The number of hydrogen-bond donors (Lipinski definition) is 0. The highest BCUT2D eigenvalue weighted by Crippen LogP contribution is 2.78. The lowest BCUT2D eigenvalue weighted by molar-refractivity contribution is -0.167. The molecule has 0 radical (unpaired) electrons. The summed E-state index contributed by atoms with van der Waals surface area (Å²) in [6.07, 6.45) is 3.91. The molecule has 5 aliphatic rings. The SMILES string of the molecule is C=C1[C@@H]2CCC3[C@@]45CC[C@H](O[Si](C)(C)C)C(C)(C(=O)O4)C5[C@H](C(=O)OC)[C@]3(C2)[C@@H]1O[Si](C)(C)C. The van der Waals surface area contributed by atoms with Gasteiger partial charge in [-0.05, 0) is 89.8 Å². The molecule has 4 aliphatic carbocycles. The van der Waals surface area contributed by atoms with Crippen LogP contribution in [0, 0.1) is 34.5 Å².